The third kappa shape index (κ3) is 4.74. The molecule has 0 N–H and O–H groups in total. The van der Waals surface area contributed by atoms with Crippen LogP contribution in [-0.4, -0.2) is 50.3 Å². The minimum absolute atomic E-state index is 0.0782. The molecule has 2 aromatic carbocycles. The average Bonchev–Trinajstić information content (AvgIpc) is 3.18. The molecule has 2 atom stereocenters. The Bertz CT molecular complexity index is 1300. The Morgan fingerprint density at radius 1 is 1.15 bits per heavy atom. The van der Waals surface area contributed by atoms with Crippen molar-refractivity contribution in [1.29, 1.82) is 0 Å². The molecule has 1 aliphatic heterocycles. The van der Waals surface area contributed by atoms with E-state index in [0.717, 1.165) is 6.26 Å². The minimum atomic E-state index is -3.67. The summed E-state index contributed by atoms with van der Waals surface area (Å²) in [6, 6.07) is 10.5. The fourth-order valence-corrected chi connectivity index (χ4v) is 4.57. The first kappa shape index (κ1) is 24.4. The van der Waals surface area contributed by atoms with Crippen LogP contribution in [0.15, 0.2) is 36.4 Å². The van der Waals surface area contributed by atoms with Gasteiger partial charge in [0.15, 0.2) is 23.1 Å². The van der Waals surface area contributed by atoms with Gasteiger partial charge in [0.05, 0.1) is 32.8 Å². The molecule has 3 aromatic rings. The molecular formula is C22H23ClFN3O6S. The maximum absolute atomic E-state index is 13.9. The standard InChI is InChI=1S/C22H23ClFN3O6S/c1-30-17-6-4-5-14(21(17)31-2)20-15-11-13(23)7-8-16(15)27-19(12-24)25-26-22(27)18(33-20)9-10-32-34(3,28)29/h4-8,11,18,20H,9-10,12H2,1-3H3/t18-,20-/m1/s1. The van der Waals surface area contributed by atoms with Crippen molar-refractivity contribution in [3.63, 3.8) is 0 Å². The van der Waals surface area contributed by atoms with E-state index in [1.54, 1.807) is 34.9 Å². The van der Waals surface area contributed by atoms with Crippen molar-refractivity contribution >= 4 is 21.7 Å². The van der Waals surface area contributed by atoms with Gasteiger partial charge in [-0.05, 0) is 24.3 Å². The van der Waals surface area contributed by atoms with Crippen LogP contribution in [0.5, 0.6) is 11.5 Å². The van der Waals surface area contributed by atoms with Crippen molar-refractivity contribution in [2.75, 3.05) is 27.1 Å². The van der Waals surface area contributed by atoms with Gasteiger partial charge in [0.1, 0.15) is 18.9 Å². The number of nitrogens with zero attached hydrogens (tertiary/aromatic N) is 3. The van der Waals surface area contributed by atoms with Gasteiger partial charge in [0.25, 0.3) is 10.1 Å². The SMILES string of the molecule is COc1cccc([C@H]2O[C@H](CCOS(C)(=O)=O)c3nnc(CF)n3-c3ccc(Cl)cc32)c1OC. The van der Waals surface area contributed by atoms with E-state index in [4.69, 9.17) is 30.0 Å². The second kappa shape index (κ2) is 9.87. The van der Waals surface area contributed by atoms with Crippen molar-refractivity contribution in [3.8, 4) is 17.2 Å². The lowest BCUT2D eigenvalue weighted by Gasteiger charge is -2.25. The summed E-state index contributed by atoms with van der Waals surface area (Å²) < 4.78 is 61.0. The Kier molecular flexibility index (Phi) is 7.08. The number of hydrogen-bond acceptors (Lipinski definition) is 8. The number of alkyl halides is 1. The Balaban J connectivity index is 1.90. The zero-order valence-corrected chi connectivity index (χ0v) is 20.3. The van der Waals surface area contributed by atoms with Crippen molar-refractivity contribution < 1.29 is 31.2 Å². The van der Waals surface area contributed by atoms with Crippen molar-refractivity contribution in [2.24, 2.45) is 0 Å². The van der Waals surface area contributed by atoms with Gasteiger partial charge in [-0.2, -0.15) is 8.42 Å². The van der Waals surface area contributed by atoms with Gasteiger partial charge in [-0.1, -0.05) is 23.7 Å². The monoisotopic (exact) mass is 511 g/mol. The second-order valence-electron chi connectivity index (χ2n) is 7.55. The van der Waals surface area contributed by atoms with Crippen LogP contribution in [0.4, 0.5) is 4.39 Å². The largest absolute Gasteiger partial charge is 0.493 e. The van der Waals surface area contributed by atoms with Crippen LogP contribution < -0.4 is 9.47 Å². The lowest BCUT2D eigenvalue weighted by molar-refractivity contribution is -0.00770. The molecule has 0 saturated heterocycles. The normalized spacial score (nSPS) is 17.6. The van der Waals surface area contributed by atoms with Crippen LogP contribution in [0.2, 0.25) is 5.02 Å². The summed E-state index contributed by atoms with van der Waals surface area (Å²) >= 11 is 6.35. The van der Waals surface area contributed by atoms with Gasteiger partial charge in [-0.3, -0.25) is 8.75 Å². The van der Waals surface area contributed by atoms with Crippen molar-refractivity contribution in [3.05, 3.63) is 64.2 Å². The number of methoxy groups -OCH3 is 2. The second-order valence-corrected chi connectivity index (χ2v) is 9.63. The summed E-state index contributed by atoms with van der Waals surface area (Å²) in [5, 5.41) is 8.58. The third-order valence-corrected chi connectivity index (χ3v) is 6.20. The summed E-state index contributed by atoms with van der Waals surface area (Å²) in [4.78, 5) is 0. The average molecular weight is 512 g/mol. The molecule has 0 saturated carbocycles. The Hall–Kier alpha value is -2.73. The van der Waals surface area contributed by atoms with E-state index < -0.39 is 29.0 Å². The predicted molar refractivity (Wildman–Crippen MR) is 122 cm³/mol. The summed E-state index contributed by atoms with van der Waals surface area (Å²) in [7, 11) is -0.621. The number of ether oxygens (including phenoxy) is 3. The van der Waals surface area contributed by atoms with Gasteiger partial charge in [0, 0.05) is 22.6 Å². The number of benzene rings is 2. The lowest BCUT2D eigenvalue weighted by Crippen LogP contribution is -2.15. The smallest absolute Gasteiger partial charge is 0.264 e. The first-order valence-electron chi connectivity index (χ1n) is 10.3. The molecular weight excluding hydrogens is 489 g/mol. The topological polar surface area (TPSA) is 102 Å². The number of fused-ring (bicyclic) bond motifs is 3. The molecule has 182 valence electrons. The minimum Gasteiger partial charge on any atom is -0.493 e. The molecule has 1 aromatic heterocycles. The van der Waals surface area contributed by atoms with Crippen LogP contribution in [-0.2, 0) is 25.7 Å². The molecule has 0 radical (unpaired) electrons. The molecule has 9 nitrogen and oxygen atoms in total. The fourth-order valence-electron chi connectivity index (χ4n) is 3.99. The zero-order valence-electron chi connectivity index (χ0n) is 18.7. The molecule has 0 unspecified atom stereocenters. The molecule has 0 aliphatic carbocycles. The number of hydrogen-bond donors (Lipinski definition) is 0. The molecule has 0 bridgehead atoms. The van der Waals surface area contributed by atoms with Gasteiger partial charge in [-0.15, -0.1) is 10.2 Å². The highest BCUT2D eigenvalue weighted by atomic mass is 35.5. The van der Waals surface area contributed by atoms with E-state index in [1.807, 2.05) is 6.07 Å². The summed E-state index contributed by atoms with van der Waals surface area (Å²) in [6.07, 6.45) is -0.452. The highest BCUT2D eigenvalue weighted by molar-refractivity contribution is 7.85. The molecule has 34 heavy (non-hydrogen) atoms. The maximum Gasteiger partial charge on any atom is 0.264 e. The number of halogens is 2. The van der Waals surface area contributed by atoms with Crippen LogP contribution in [0.1, 0.15) is 41.4 Å². The summed E-state index contributed by atoms with van der Waals surface area (Å²) in [5.74, 6) is 1.35. The van der Waals surface area contributed by atoms with Crippen LogP contribution in [0.3, 0.4) is 0 Å². The maximum atomic E-state index is 13.9. The molecule has 4 rings (SSSR count). The Labute approximate surface area is 201 Å². The van der Waals surface area contributed by atoms with E-state index in [1.165, 1.54) is 14.2 Å². The molecule has 2 heterocycles. The van der Waals surface area contributed by atoms with Gasteiger partial charge in [0.2, 0.25) is 0 Å². The van der Waals surface area contributed by atoms with Crippen molar-refractivity contribution in [2.45, 2.75) is 25.3 Å². The zero-order chi connectivity index (χ0) is 24.5. The predicted octanol–water partition coefficient (Wildman–Crippen LogP) is 3.93. The molecule has 12 heteroatoms. The Morgan fingerprint density at radius 3 is 2.62 bits per heavy atom. The highest BCUT2D eigenvalue weighted by Gasteiger charge is 2.35. The first-order valence-corrected chi connectivity index (χ1v) is 12.5. The summed E-state index contributed by atoms with van der Waals surface area (Å²) in [6.45, 7) is -1.03. The number of para-hydroxylation sites is 1. The van der Waals surface area contributed by atoms with Crippen molar-refractivity contribution in [1.82, 2.24) is 14.8 Å². The Morgan fingerprint density at radius 2 is 1.94 bits per heavy atom. The van der Waals surface area contributed by atoms with E-state index in [9.17, 15) is 12.8 Å². The molecule has 0 spiro atoms. The van der Waals surface area contributed by atoms with E-state index in [0.29, 0.717) is 39.2 Å². The summed E-state index contributed by atoms with van der Waals surface area (Å²) in [5.41, 5.74) is 1.85. The van der Waals surface area contributed by atoms with Crippen LogP contribution in [0, 0.1) is 0 Å². The molecule has 0 amide bonds. The van der Waals surface area contributed by atoms with Gasteiger partial charge in [-0.25, -0.2) is 4.39 Å². The lowest BCUT2D eigenvalue weighted by atomic mass is 9.98. The fraction of sp³-hybridized carbons (Fsp3) is 0.364. The van der Waals surface area contributed by atoms with E-state index >= 15 is 0 Å². The number of aromatic nitrogens is 3. The van der Waals surface area contributed by atoms with E-state index in [-0.39, 0.29) is 18.9 Å². The highest BCUT2D eigenvalue weighted by Crippen LogP contribution is 2.46. The van der Waals surface area contributed by atoms with E-state index in [2.05, 4.69) is 10.2 Å². The third-order valence-electron chi connectivity index (χ3n) is 5.37. The number of rotatable bonds is 8. The van der Waals surface area contributed by atoms with Crippen LogP contribution >= 0.6 is 11.6 Å². The quantitative estimate of drug-likeness (QED) is 0.419. The molecule has 0 fully saturated rings. The van der Waals surface area contributed by atoms with Crippen LogP contribution in [0.25, 0.3) is 5.69 Å². The van der Waals surface area contributed by atoms with Gasteiger partial charge < -0.3 is 14.2 Å². The van der Waals surface area contributed by atoms with Gasteiger partial charge >= 0.3 is 0 Å². The molecule has 1 aliphatic rings. The first-order chi connectivity index (χ1) is 16.3.